The minimum atomic E-state index is -2.60. The van der Waals surface area contributed by atoms with Gasteiger partial charge in [0.15, 0.2) is 11.4 Å². The monoisotopic (exact) mass is 414 g/mol. The van der Waals surface area contributed by atoms with Gasteiger partial charge in [0.1, 0.15) is 22.8 Å². The summed E-state index contributed by atoms with van der Waals surface area (Å²) in [6, 6.07) is 3.62. The van der Waals surface area contributed by atoms with Crippen LogP contribution in [-0.4, -0.2) is 68.5 Å². The first-order valence-electron chi connectivity index (χ1n) is 9.47. The fourth-order valence-electron chi connectivity index (χ4n) is 5.18. The Morgan fingerprint density at radius 1 is 1.20 bits per heavy atom. The van der Waals surface area contributed by atoms with Crippen molar-refractivity contribution in [3.8, 4) is 5.75 Å². The molecule has 3 aliphatic carbocycles. The van der Waals surface area contributed by atoms with Crippen LogP contribution in [0.1, 0.15) is 17.5 Å². The van der Waals surface area contributed by atoms with Gasteiger partial charge in [0.2, 0.25) is 5.78 Å². The number of ketones is 2. The van der Waals surface area contributed by atoms with Crippen LogP contribution >= 0.6 is 0 Å². The van der Waals surface area contributed by atoms with E-state index in [1.54, 1.807) is 26.2 Å². The molecule has 4 rings (SSSR count). The molecule has 9 heteroatoms. The van der Waals surface area contributed by atoms with E-state index in [9.17, 15) is 34.8 Å². The summed E-state index contributed by atoms with van der Waals surface area (Å²) in [6.07, 6.45) is 0.379. The number of phenolic OH excluding ortho intramolecular Hbond substituents is 1. The molecule has 3 aliphatic rings. The Morgan fingerprint density at radius 2 is 1.87 bits per heavy atom. The number of Topliss-reactive ketones (excluding diaryl/α,β-unsaturated/α-hetero) is 2. The van der Waals surface area contributed by atoms with Crippen LogP contribution in [-0.2, 0) is 20.8 Å². The lowest BCUT2D eigenvalue weighted by molar-refractivity contribution is -0.153. The molecule has 0 radical (unpaired) electrons. The first-order chi connectivity index (χ1) is 14.0. The molecule has 158 valence electrons. The highest BCUT2D eigenvalue weighted by Crippen LogP contribution is 2.52. The Kier molecular flexibility index (Phi) is 4.30. The number of phenols is 1. The van der Waals surface area contributed by atoms with Crippen LogP contribution in [0.5, 0.6) is 5.75 Å². The Hall–Kier alpha value is -3.17. The molecule has 1 aromatic carbocycles. The zero-order valence-corrected chi connectivity index (χ0v) is 16.4. The van der Waals surface area contributed by atoms with Crippen molar-refractivity contribution in [2.75, 3.05) is 14.1 Å². The molecule has 1 amide bonds. The maximum atomic E-state index is 13.5. The molecular formula is C21H22N2O7. The lowest BCUT2D eigenvalue weighted by Gasteiger charge is -2.50. The predicted molar refractivity (Wildman–Crippen MR) is 104 cm³/mol. The predicted octanol–water partition coefficient (Wildman–Crippen LogP) is -0.0360. The molecule has 0 heterocycles. The molecule has 0 bridgehead atoms. The topological polar surface area (TPSA) is 161 Å². The number of aromatic hydroxyl groups is 1. The van der Waals surface area contributed by atoms with E-state index in [4.69, 9.17) is 5.73 Å². The molecule has 9 nitrogen and oxygen atoms in total. The van der Waals surface area contributed by atoms with Crippen molar-refractivity contribution < 1.29 is 34.8 Å². The maximum absolute atomic E-state index is 13.5. The van der Waals surface area contributed by atoms with E-state index in [1.165, 1.54) is 11.0 Å². The minimum absolute atomic E-state index is 0.0847. The number of likely N-dealkylation sites (N-methyl/N-ethyl adjacent to an activating group) is 1. The fraction of sp³-hybridized carbons (Fsp3) is 0.381. The van der Waals surface area contributed by atoms with Gasteiger partial charge >= 0.3 is 0 Å². The zero-order chi connectivity index (χ0) is 22.1. The van der Waals surface area contributed by atoms with Crippen LogP contribution in [0.3, 0.4) is 0 Å². The highest BCUT2D eigenvalue weighted by molar-refractivity contribution is 6.24. The Balaban J connectivity index is 1.98. The molecule has 0 saturated heterocycles. The highest BCUT2D eigenvalue weighted by Gasteiger charge is 2.64. The first kappa shape index (κ1) is 20.1. The maximum Gasteiger partial charge on any atom is 0.255 e. The summed E-state index contributed by atoms with van der Waals surface area (Å²) < 4.78 is 0. The number of hydrogen-bond donors (Lipinski definition) is 5. The van der Waals surface area contributed by atoms with Gasteiger partial charge in [-0.3, -0.25) is 19.3 Å². The van der Waals surface area contributed by atoms with Crippen molar-refractivity contribution in [1.82, 2.24) is 4.90 Å². The normalized spacial score (nSPS) is 30.9. The Morgan fingerprint density at radius 3 is 2.47 bits per heavy atom. The van der Waals surface area contributed by atoms with E-state index < -0.39 is 58.0 Å². The minimum Gasteiger partial charge on any atom is -0.508 e. The number of hydrogen-bond acceptors (Lipinski definition) is 8. The van der Waals surface area contributed by atoms with E-state index in [-0.39, 0.29) is 23.3 Å². The second-order valence-corrected chi connectivity index (χ2v) is 8.27. The fourth-order valence-corrected chi connectivity index (χ4v) is 5.18. The van der Waals surface area contributed by atoms with Crippen molar-refractivity contribution in [1.29, 1.82) is 0 Å². The number of carbonyl (C=O) groups excluding carboxylic acids is 3. The van der Waals surface area contributed by atoms with Gasteiger partial charge in [0.25, 0.3) is 5.91 Å². The summed E-state index contributed by atoms with van der Waals surface area (Å²) >= 11 is 0. The molecule has 4 atom stereocenters. The summed E-state index contributed by atoms with van der Waals surface area (Å²) in [7, 11) is 3.12. The number of rotatable bonds is 2. The molecule has 30 heavy (non-hydrogen) atoms. The number of fused-ring (bicyclic) bond motifs is 3. The van der Waals surface area contributed by atoms with Gasteiger partial charge < -0.3 is 26.2 Å². The third kappa shape index (κ3) is 2.39. The van der Waals surface area contributed by atoms with Crippen molar-refractivity contribution in [3.05, 3.63) is 46.2 Å². The van der Waals surface area contributed by atoms with Gasteiger partial charge in [-0.1, -0.05) is 12.1 Å². The standard InChI is InChI=1S/C21H22N2O7/c1-23(2)15-10-7-9-6-8-4-3-5-11(24)12(8)16(25)13(9)18(27)21(10,30)19(28)14(17(15)26)20(22)29/h3-5,9-10,15,24-25,28,30H,6-7H2,1-2H3,(H2,22,29)/t9-,10-,15+,21-/m0/s1. The molecule has 6 N–H and O–H groups in total. The number of carbonyl (C=O) groups is 3. The van der Waals surface area contributed by atoms with E-state index in [0.717, 1.165) is 0 Å². The van der Waals surface area contributed by atoms with Gasteiger partial charge in [-0.25, -0.2) is 0 Å². The van der Waals surface area contributed by atoms with E-state index in [0.29, 0.717) is 12.0 Å². The lowest BCUT2D eigenvalue weighted by atomic mass is 9.57. The van der Waals surface area contributed by atoms with E-state index in [1.807, 2.05) is 0 Å². The average Bonchev–Trinajstić information content (AvgIpc) is 2.64. The molecule has 1 fully saturated rings. The van der Waals surface area contributed by atoms with Crippen molar-refractivity contribution >= 4 is 23.2 Å². The van der Waals surface area contributed by atoms with Gasteiger partial charge in [-0.2, -0.15) is 0 Å². The number of nitrogens with two attached hydrogens (primary N) is 1. The molecule has 0 aliphatic heterocycles. The van der Waals surface area contributed by atoms with Crippen LogP contribution in [0, 0.1) is 11.8 Å². The summed E-state index contributed by atoms with van der Waals surface area (Å²) in [4.78, 5) is 39.7. The second-order valence-electron chi connectivity index (χ2n) is 8.27. The van der Waals surface area contributed by atoms with Gasteiger partial charge in [-0.05, 0) is 44.5 Å². The van der Waals surface area contributed by atoms with Gasteiger partial charge in [0.05, 0.1) is 11.6 Å². The summed E-state index contributed by atoms with van der Waals surface area (Å²) in [5.74, 6) is -6.43. The highest BCUT2D eigenvalue weighted by atomic mass is 16.3. The number of aliphatic hydroxyl groups excluding tert-OH is 2. The molecule has 0 aromatic heterocycles. The first-order valence-corrected chi connectivity index (χ1v) is 9.47. The molecule has 0 unspecified atom stereocenters. The molecule has 1 saturated carbocycles. The SMILES string of the molecule is CN(C)[C@H]1C(=O)C(C(N)=O)=C(O)[C@@]2(O)C(=O)C3=C(O)c4c(O)cccc4C[C@H]3C[C@@H]12. The number of primary amides is 1. The van der Waals surface area contributed by atoms with Crippen LogP contribution in [0.4, 0.5) is 0 Å². The Labute approximate surface area is 171 Å². The van der Waals surface area contributed by atoms with Crippen LogP contribution in [0.2, 0.25) is 0 Å². The number of nitrogens with zero attached hydrogens (tertiary/aromatic N) is 1. The summed E-state index contributed by atoms with van der Waals surface area (Å²) in [5, 5.41) is 43.1. The number of amides is 1. The van der Waals surface area contributed by atoms with Gasteiger partial charge in [0, 0.05) is 11.5 Å². The van der Waals surface area contributed by atoms with Crippen LogP contribution in [0.15, 0.2) is 35.1 Å². The van der Waals surface area contributed by atoms with E-state index >= 15 is 0 Å². The zero-order valence-electron chi connectivity index (χ0n) is 16.4. The number of aliphatic hydroxyl groups is 3. The Bertz CT molecular complexity index is 1070. The molecular weight excluding hydrogens is 392 g/mol. The molecule has 0 spiro atoms. The van der Waals surface area contributed by atoms with Crippen molar-refractivity contribution in [2.45, 2.75) is 24.5 Å². The largest absolute Gasteiger partial charge is 0.508 e. The van der Waals surface area contributed by atoms with Crippen LogP contribution in [0.25, 0.3) is 5.76 Å². The second kappa shape index (κ2) is 6.41. The van der Waals surface area contributed by atoms with Crippen molar-refractivity contribution in [2.24, 2.45) is 17.6 Å². The number of benzene rings is 1. The summed E-state index contributed by atoms with van der Waals surface area (Å²) in [5.41, 5.74) is 2.41. The summed E-state index contributed by atoms with van der Waals surface area (Å²) in [6.45, 7) is 0. The van der Waals surface area contributed by atoms with E-state index in [2.05, 4.69) is 0 Å². The smallest absolute Gasteiger partial charge is 0.255 e. The molecule has 1 aromatic rings. The lowest BCUT2D eigenvalue weighted by Crippen LogP contribution is -2.65. The average molecular weight is 414 g/mol. The van der Waals surface area contributed by atoms with Crippen molar-refractivity contribution in [3.63, 3.8) is 0 Å². The third-order valence-electron chi connectivity index (χ3n) is 6.46. The quantitative estimate of drug-likeness (QED) is 0.421. The third-order valence-corrected chi connectivity index (χ3v) is 6.46. The van der Waals surface area contributed by atoms with Crippen LogP contribution < -0.4 is 5.73 Å². The van der Waals surface area contributed by atoms with Gasteiger partial charge in [-0.15, -0.1) is 0 Å².